The highest BCUT2D eigenvalue weighted by Crippen LogP contribution is 2.39. The van der Waals surface area contributed by atoms with Crippen molar-refractivity contribution in [2.45, 2.75) is 39.0 Å². The number of hydrogen-bond donors (Lipinski definition) is 1. The number of benzene rings is 1. The average Bonchev–Trinajstić information content (AvgIpc) is 2.68. The Kier molecular flexibility index (Phi) is 4.32. The molecule has 0 spiro atoms. The van der Waals surface area contributed by atoms with Crippen molar-refractivity contribution in [3.63, 3.8) is 0 Å². The van der Waals surface area contributed by atoms with Gasteiger partial charge in [0.05, 0.1) is 5.52 Å². The van der Waals surface area contributed by atoms with E-state index in [-0.39, 0.29) is 0 Å². The van der Waals surface area contributed by atoms with Gasteiger partial charge in [0.2, 0.25) is 0 Å². The topological polar surface area (TPSA) is 24.9 Å². The van der Waals surface area contributed by atoms with Gasteiger partial charge in [-0.3, -0.25) is 4.98 Å². The molecule has 2 aromatic rings. The lowest BCUT2D eigenvalue weighted by Gasteiger charge is -2.18. The van der Waals surface area contributed by atoms with E-state index in [0.717, 1.165) is 33.8 Å². The van der Waals surface area contributed by atoms with Gasteiger partial charge in [0.15, 0.2) is 0 Å². The molecular formula is C16H18Br2N2. The van der Waals surface area contributed by atoms with Crippen molar-refractivity contribution in [1.82, 2.24) is 4.98 Å². The number of fused-ring (bicyclic) bond motifs is 2. The zero-order valence-corrected chi connectivity index (χ0v) is 14.8. The number of halogens is 2. The van der Waals surface area contributed by atoms with Crippen LogP contribution in [0.3, 0.4) is 0 Å². The number of anilines is 1. The number of aryl methyl sites for hydroxylation is 1. The van der Waals surface area contributed by atoms with Gasteiger partial charge in [-0.05, 0) is 66.2 Å². The molecule has 2 nitrogen and oxygen atoms in total. The van der Waals surface area contributed by atoms with E-state index in [1.807, 2.05) is 0 Å². The van der Waals surface area contributed by atoms with E-state index in [1.54, 1.807) is 0 Å². The highest BCUT2D eigenvalue weighted by atomic mass is 79.9. The summed E-state index contributed by atoms with van der Waals surface area (Å²) in [4.78, 5) is 4.96. The van der Waals surface area contributed by atoms with Gasteiger partial charge in [0.1, 0.15) is 0 Å². The van der Waals surface area contributed by atoms with Crippen LogP contribution < -0.4 is 5.32 Å². The van der Waals surface area contributed by atoms with Gasteiger partial charge in [0.25, 0.3) is 0 Å². The van der Waals surface area contributed by atoms with Crippen molar-refractivity contribution in [3.8, 4) is 0 Å². The van der Waals surface area contributed by atoms with Crippen LogP contribution in [0, 0.1) is 0 Å². The summed E-state index contributed by atoms with van der Waals surface area (Å²) in [6.45, 7) is 3.09. The Labute approximate surface area is 136 Å². The van der Waals surface area contributed by atoms with Gasteiger partial charge < -0.3 is 5.32 Å². The number of pyridine rings is 1. The molecule has 20 heavy (non-hydrogen) atoms. The van der Waals surface area contributed by atoms with Crippen molar-refractivity contribution in [2.75, 3.05) is 11.9 Å². The zero-order chi connectivity index (χ0) is 14.1. The minimum atomic E-state index is 0.935. The Morgan fingerprint density at radius 2 is 1.85 bits per heavy atom. The average molecular weight is 398 g/mol. The maximum Gasteiger partial charge on any atom is 0.0879 e. The Hall–Kier alpha value is -0.610. The third kappa shape index (κ3) is 2.48. The normalized spacial score (nSPS) is 14.9. The second-order valence-corrected chi connectivity index (χ2v) is 6.96. The van der Waals surface area contributed by atoms with Gasteiger partial charge in [-0.15, -0.1) is 0 Å². The van der Waals surface area contributed by atoms with Crippen LogP contribution in [0.5, 0.6) is 0 Å². The summed E-state index contributed by atoms with van der Waals surface area (Å²) in [5.41, 5.74) is 5.05. The quantitative estimate of drug-likeness (QED) is 0.680. The van der Waals surface area contributed by atoms with Crippen LogP contribution in [0.15, 0.2) is 21.1 Å². The number of rotatable bonds is 2. The first kappa shape index (κ1) is 14.3. The van der Waals surface area contributed by atoms with E-state index in [9.17, 15) is 0 Å². The van der Waals surface area contributed by atoms with Crippen molar-refractivity contribution in [1.29, 1.82) is 0 Å². The van der Waals surface area contributed by atoms with Crippen LogP contribution in [-0.4, -0.2) is 11.5 Å². The molecule has 1 aromatic carbocycles. The highest BCUT2D eigenvalue weighted by Gasteiger charge is 2.19. The maximum atomic E-state index is 4.96. The molecule has 0 amide bonds. The first-order valence-electron chi connectivity index (χ1n) is 7.25. The maximum absolute atomic E-state index is 4.96. The summed E-state index contributed by atoms with van der Waals surface area (Å²) in [7, 11) is 0. The molecular weight excluding hydrogens is 380 g/mol. The third-order valence-corrected chi connectivity index (χ3v) is 5.22. The molecule has 0 saturated heterocycles. The number of hydrogen-bond acceptors (Lipinski definition) is 2. The second-order valence-electron chi connectivity index (χ2n) is 5.26. The Morgan fingerprint density at radius 1 is 1.10 bits per heavy atom. The second kappa shape index (κ2) is 6.02. The predicted octanol–water partition coefficient (Wildman–Crippen LogP) is 5.46. The summed E-state index contributed by atoms with van der Waals surface area (Å²) in [6.07, 6.45) is 6.07. The van der Waals surface area contributed by atoms with E-state index in [1.165, 1.54) is 41.6 Å². The molecule has 1 N–H and O–H groups in total. The Morgan fingerprint density at radius 3 is 2.65 bits per heavy atom. The van der Waals surface area contributed by atoms with E-state index in [4.69, 9.17) is 4.98 Å². The summed E-state index contributed by atoms with van der Waals surface area (Å²) in [5, 5.41) is 4.79. The SMILES string of the molecule is CCNc1c2c(nc3c(Br)ccc(Br)c13)CCCCC2. The molecule has 106 valence electrons. The lowest BCUT2D eigenvalue weighted by atomic mass is 10.0. The minimum absolute atomic E-state index is 0.935. The molecule has 0 saturated carbocycles. The van der Waals surface area contributed by atoms with Crippen molar-refractivity contribution in [3.05, 3.63) is 32.3 Å². The third-order valence-electron chi connectivity index (χ3n) is 3.92. The summed E-state index contributed by atoms with van der Waals surface area (Å²) < 4.78 is 2.19. The van der Waals surface area contributed by atoms with Crippen molar-refractivity contribution >= 4 is 48.5 Å². The molecule has 1 heterocycles. The summed E-state index contributed by atoms with van der Waals surface area (Å²) in [6, 6.07) is 4.16. The predicted molar refractivity (Wildman–Crippen MR) is 92.6 cm³/mol. The van der Waals surface area contributed by atoms with Gasteiger partial charge in [-0.1, -0.05) is 22.4 Å². The standard InChI is InChI=1S/C16H18Br2N2/c1-2-19-15-10-6-4-3-5-7-13(10)20-16-12(18)9-8-11(17)14(15)16/h8-9H,2-7H2,1H3,(H,19,20). The number of nitrogens with one attached hydrogen (secondary N) is 1. The lowest BCUT2D eigenvalue weighted by molar-refractivity contribution is 0.709. The number of nitrogens with zero attached hydrogens (tertiary/aromatic N) is 1. The smallest absolute Gasteiger partial charge is 0.0879 e. The molecule has 0 fully saturated rings. The molecule has 1 aliphatic rings. The van der Waals surface area contributed by atoms with E-state index in [2.05, 4.69) is 56.2 Å². The summed E-state index contributed by atoms with van der Waals surface area (Å²) in [5.74, 6) is 0. The highest BCUT2D eigenvalue weighted by molar-refractivity contribution is 9.11. The van der Waals surface area contributed by atoms with Gasteiger partial charge in [-0.2, -0.15) is 0 Å². The fourth-order valence-corrected chi connectivity index (χ4v) is 3.94. The van der Waals surface area contributed by atoms with E-state index in [0.29, 0.717) is 0 Å². The van der Waals surface area contributed by atoms with Crippen LogP contribution in [0.25, 0.3) is 10.9 Å². The van der Waals surface area contributed by atoms with Gasteiger partial charge >= 0.3 is 0 Å². The molecule has 1 aliphatic carbocycles. The lowest BCUT2D eigenvalue weighted by Crippen LogP contribution is -2.07. The molecule has 0 bridgehead atoms. The molecule has 0 radical (unpaired) electrons. The van der Waals surface area contributed by atoms with Crippen LogP contribution in [-0.2, 0) is 12.8 Å². The molecule has 4 heteroatoms. The molecule has 0 atom stereocenters. The van der Waals surface area contributed by atoms with Crippen molar-refractivity contribution < 1.29 is 0 Å². The number of aromatic nitrogens is 1. The van der Waals surface area contributed by atoms with Gasteiger partial charge in [0, 0.05) is 32.3 Å². The fourth-order valence-electron chi connectivity index (χ4n) is 3.00. The van der Waals surface area contributed by atoms with Crippen LogP contribution in [0.2, 0.25) is 0 Å². The monoisotopic (exact) mass is 396 g/mol. The fraction of sp³-hybridized carbons (Fsp3) is 0.438. The molecule has 3 rings (SSSR count). The Balaban J connectivity index is 2.36. The molecule has 0 aliphatic heterocycles. The first-order chi connectivity index (χ1) is 9.72. The van der Waals surface area contributed by atoms with E-state index < -0.39 is 0 Å². The van der Waals surface area contributed by atoms with E-state index >= 15 is 0 Å². The van der Waals surface area contributed by atoms with Crippen LogP contribution in [0.4, 0.5) is 5.69 Å². The van der Waals surface area contributed by atoms with Crippen molar-refractivity contribution in [2.24, 2.45) is 0 Å². The Bertz CT molecular complexity index is 653. The molecule has 1 aromatic heterocycles. The largest absolute Gasteiger partial charge is 0.384 e. The zero-order valence-electron chi connectivity index (χ0n) is 11.6. The first-order valence-corrected chi connectivity index (χ1v) is 8.84. The molecule has 0 unspecified atom stereocenters. The van der Waals surface area contributed by atoms with Gasteiger partial charge in [-0.25, -0.2) is 0 Å². The summed E-state index contributed by atoms with van der Waals surface area (Å²) >= 11 is 7.35. The van der Waals surface area contributed by atoms with Crippen LogP contribution >= 0.6 is 31.9 Å². The minimum Gasteiger partial charge on any atom is -0.384 e. The van der Waals surface area contributed by atoms with Crippen LogP contribution in [0.1, 0.15) is 37.4 Å².